The first-order valence-corrected chi connectivity index (χ1v) is 6.86. The summed E-state index contributed by atoms with van der Waals surface area (Å²) >= 11 is 5.30. The quantitative estimate of drug-likeness (QED) is 0.593. The number of nitrogen functional groups attached to an aromatic ring is 1. The van der Waals surface area contributed by atoms with Crippen LogP contribution < -0.4 is 5.73 Å². The molecule has 0 aliphatic heterocycles. The Morgan fingerprint density at radius 2 is 2.05 bits per heavy atom. The number of benzene rings is 2. The first-order chi connectivity index (χ1) is 9.58. The van der Waals surface area contributed by atoms with Crippen molar-refractivity contribution in [1.29, 1.82) is 0 Å². The van der Waals surface area contributed by atoms with Gasteiger partial charge in [-0.1, -0.05) is 43.3 Å². The van der Waals surface area contributed by atoms with Gasteiger partial charge in [0.25, 0.3) is 5.42 Å². The number of nitrogens with two attached hydrogens (primary N) is 1. The number of allylic oxidation sites excluding steroid dienone is 1. The zero-order valence-electron chi connectivity index (χ0n) is 11.0. The number of aliphatic imine (C=N–C) groups is 1. The number of hydrogen-bond donors (Lipinski definition) is 1. The van der Waals surface area contributed by atoms with Gasteiger partial charge in [-0.25, -0.2) is 4.99 Å². The lowest BCUT2D eigenvalue weighted by Gasteiger charge is -2.21. The van der Waals surface area contributed by atoms with Crippen LogP contribution in [0.15, 0.2) is 35.3 Å². The van der Waals surface area contributed by atoms with Gasteiger partial charge in [-0.15, -0.1) is 0 Å². The molecule has 0 bridgehead atoms. The first-order valence-electron chi connectivity index (χ1n) is 6.49. The lowest BCUT2D eigenvalue weighted by molar-refractivity contribution is 0.722. The van der Waals surface area contributed by atoms with Crippen molar-refractivity contribution in [2.75, 3.05) is 5.73 Å². The topological polar surface area (TPSA) is 38.4 Å². The molecule has 3 rings (SSSR count). The van der Waals surface area contributed by atoms with Crippen LogP contribution in [0.25, 0.3) is 16.8 Å². The molecule has 0 fully saturated rings. The van der Waals surface area contributed by atoms with Crippen molar-refractivity contribution >= 4 is 45.2 Å². The molecule has 2 aromatic carbocycles. The molecular formula is C16H14ClFN2. The van der Waals surface area contributed by atoms with Crippen LogP contribution in [-0.4, -0.2) is 5.42 Å². The summed E-state index contributed by atoms with van der Waals surface area (Å²) in [5.74, 6) is 0.462. The van der Waals surface area contributed by atoms with Gasteiger partial charge in [0, 0.05) is 10.9 Å². The molecule has 2 nitrogen and oxygen atoms in total. The zero-order chi connectivity index (χ0) is 14.3. The van der Waals surface area contributed by atoms with Crippen LogP contribution in [0.5, 0.6) is 0 Å². The second kappa shape index (κ2) is 4.91. The van der Waals surface area contributed by atoms with E-state index in [0.717, 1.165) is 22.8 Å². The highest BCUT2D eigenvalue weighted by molar-refractivity contribution is 6.62. The Morgan fingerprint density at radius 1 is 1.35 bits per heavy atom. The van der Waals surface area contributed by atoms with Crippen molar-refractivity contribution in [2.24, 2.45) is 10.9 Å². The summed E-state index contributed by atoms with van der Waals surface area (Å²) in [6, 6.07) is 7.77. The Bertz CT molecular complexity index is 746. The average molecular weight is 289 g/mol. The first kappa shape index (κ1) is 13.1. The van der Waals surface area contributed by atoms with Gasteiger partial charge in [-0.2, -0.15) is 4.39 Å². The molecule has 20 heavy (non-hydrogen) atoms. The number of nitrogens with zero attached hydrogens (tertiary/aromatic N) is 1. The molecule has 1 atom stereocenters. The Labute approximate surface area is 121 Å². The van der Waals surface area contributed by atoms with Crippen LogP contribution >= 0.6 is 11.6 Å². The van der Waals surface area contributed by atoms with E-state index >= 15 is 0 Å². The molecular weight excluding hydrogens is 275 g/mol. The average Bonchev–Trinajstić information content (AvgIpc) is 2.43. The fourth-order valence-electron chi connectivity index (χ4n) is 2.80. The summed E-state index contributed by atoms with van der Waals surface area (Å²) in [6.45, 7) is 2.16. The van der Waals surface area contributed by atoms with Gasteiger partial charge in [-0.3, -0.25) is 0 Å². The summed E-state index contributed by atoms with van der Waals surface area (Å²) in [5.41, 5.74) is 8.19. The maximum atomic E-state index is 13.0. The van der Waals surface area contributed by atoms with Crippen molar-refractivity contribution in [3.05, 3.63) is 41.5 Å². The number of halogens is 2. The summed E-state index contributed by atoms with van der Waals surface area (Å²) < 4.78 is 13.0. The van der Waals surface area contributed by atoms with E-state index in [1.807, 2.05) is 30.3 Å². The Morgan fingerprint density at radius 3 is 2.75 bits per heavy atom. The molecule has 2 N–H and O–H groups in total. The summed E-state index contributed by atoms with van der Waals surface area (Å²) in [5, 5.41) is 1.90. The molecule has 0 aromatic heterocycles. The third-order valence-electron chi connectivity index (χ3n) is 3.69. The molecule has 4 heteroatoms. The SMILES string of the molecule is CC1C=Cc2c(N)c(N=C(F)Cl)c3ccccc3c2C1. The molecule has 0 saturated heterocycles. The fraction of sp³-hybridized carbons (Fsp3) is 0.188. The Kier molecular flexibility index (Phi) is 3.22. The minimum atomic E-state index is -1.00. The van der Waals surface area contributed by atoms with Crippen molar-refractivity contribution < 1.29 is 4.39 Å². The molecule has 1 aliphatic carbocycles. The van der Waals surface area contributed by atoms with E-state index in [4.69, 9.17) is 17.3 Å². The molecule has 1 unspecified atom stereocenters. The molecule has 0 amide bonds. The van der Waals surface area contributed by atoms with Gasteiger partial charge in [0.2, 0.25) is 0 Å². The predicted molar refractivity (Wildman–Crippen MR) is 84.3 cm³/mol. The largest absolute Gasteiger partial charge is 0.396 e. The maximum Gasteiger partial charge on any atom is 0.282 e. The lowest BCUT2D eigenvalue weighted by atomic mass is 9.85. The fourth-order valence-corrected chi connectivity index (χ4v) is 2.88. The van der Waals surface area contributed by atoms with Gasteiger partial charge >= 0.3 is 0 Å². The van der Waals surface area contributed by atoms with Gasteiger partial charge in [-0.05, 0) is 34.9 Å². The number of anilines is 1. The molecule has 0 heterocycles. The van der Waals surface area contributed by atoms with Crippen molar-refractivity contribution in [3.63, 3.8) is 0 Å². The summed E-state index contributed by atoms with van der Waals surface area (Å²) in [4.78, 5) is 3.77. The number of rotatable bonds is 1. The third kappa shape index (κ3) is 2.08. The van der Waals surface area contributed by atoms with Crippen LogP contribution in [0.1, 0.15) is 18.1 Å². The van der Waals surface area contributed by atoms with Gasteiger partial charge in [0.1, 0.15) is 0 Å². The molecule has 0 spiro atoms. The number of hydrogen-bond acceptors (Lipinski definition) is 2. The van der Waals surface area contributed by atoms with E-state index in [1.165, 1.54) is 5.56 Å². The minimum absolute atomic E-state index is 0.408. The molecule has 1 aliphatic rings. The van der Waals surface area contributed by atoms with Gasteiger partial charge in [0.05, 0.1) is 11.4 Å². The minimum Gasteiger partial charge on any atom is -0.396 e. The maximum absolute atomic E-state index is 13.0. The smallest absolute Gasteiger partial charge is 0.282 e. The second-order valence-electron chi connectivity index (χ2n) is 5.09. The Balaban J connectivity index is 2.43. The van der Waals surface area contributed by atoms with Crippen LogP contribution in [0.3, 0.4) is 0 Å². The molecule has 0 saturated carbocycles. The van der Waals surface area contributed by atoms with Gasteiger partial charge < -0.3 is 5.73 Å². The highest BCUT2D eigenvalue weighted by Gasteiger charge is 2.19. The Hall–Kier alpha value is -1.87. The molecule has 102 valence electrons. The van der Waals surface area contributed by atoms with Gasteiger partial charge in [0.15, 0.2) is 0 Å². The predicted octanol–water partition coefficient (Wildman–Crippen LogP) is 4.82. The summed E-state index contributed by atoms with van der Waals surface area (Å²) in [7, 11) is 0. The van der Waals surface area contributed by atoms with Crippen LogP contribution in [0.4, 0.5) is 15.8 Å². The normalized spacial score (nSPS) is 18.4. The zero-order valence-corrected chi connectivity index (χ0v) is 11.8. The van der Waals surface area contributed by atoms with Crippen LogP contribution in [0, 0.1) is 5.92 Å². The van der Waals surface area contributed by atoms with E-state index < -0.39 is 5.42 Å². The lowest BCUT2D eigenvalue weighted by Crippen LogP contribution is -2.07. The standard InChI is InChI=1S/C16H14ClFN2/c1-9-6-7-11-13(8-9)10-4-2-3-5-12(10)15(14(11)19)20-16(17)18/h2-7,9H,8,19H2,1H3. The van der Waals surface area contributed by atoms with E-state index in [-0.39, 0.29) is 0 Å². The van der Waals surface area contributed by atoms with Crippen molar-refractivity contribution in [3.8, 4) is 0 Å². The third-order valence-corrected chi connectivity index (χ3v) is 3.78. The van der Waals surface area contributed by atoms with Crippen LogP contribution in [0.2, 0.25) is 0 Å². The second-order valence-corrected chi connectivity index (χ2v) is 5.40. The van der Waals surface area contributed by atoms with E-state index in [0.29, 0.717) is 17.3 Å². The molecule has 2 aromatic rings. The van der Waals surface area contributed by atoms with E-state index in [2.05, 4.69) is 18.0 Å². The monoisotopic (exact) mass is 288 g/mol. The van der Waals surface area contributed by atoms with Crippen molar-refractivity contribution in [2.45, 2.75) is 13.3 Å². The summed E-state index contributed by atoms with van der Waals surface area (Å²) in [6.07, 6.45) is 5.03. The highest BCUT2D eigenvalue weighted by atomic mass is 35.5. The van der Waals surface area contributed by atoms with E-state index in [1.54, 1.807) is 0 Å². The molecule has 0 radical (unpaired) electrons. The van der Waals surface area contributed by atoms with Crippen molar-refractivity contribution in [1.82, 2.24) is 0 Å². The highest BCUT2D eigenvalue weighted by Crippen LogP contribution is 2.42. The van der Waals surface area contributed by atoms with Crippen LogP contribution in [-0.2, 0) is 6.42 Å². The van der Waals surface area contributed by atoms with E-state index in [9.17, 15) is 4.39 Å². The number of fused-ring (bicyclic) bond motifs is 3.